The Labute approximate surface area is 57.5 Å². The lowest BCUT2D eigenvalue weighted by Gasteiger charge is -1.95. The van der Waals surface area contributed by atoms with E-state index in [9.17, 15) is 0 Å². The van der Waals surface area contributed by atoms with E-state index in [1.54, 1.807) is 0 Å². The monoisotopic (exact) mass is 125 g/mol. The van der Waals surface area contributed by atoms with Crippen LogP contribution in [0.4, 0.5) is 0 Å². The Bertz CT molecular complexity index is 103. The molecule has 0 aromatic heterocycles. The van der Waals surface area contributed by atoms with E-state index in [1.165, 1.54) is 12.8 Å². The van der Waals surface area contributed by atoms with E-state index in [-0.39, 0.29) is 0 Å². The van der Waals surface area contributed by atoms with Gasteiger partial charge in [-0.2, -0.15) is 0 Å². The zero-order chi connectivity index (χ0) is 7.11. The molecule has 9 heavy (non-hydrogen) atoms. The third kappa shape index (κ3) is 3.95. The molecule has 0 spiro atoms. The molecule has 0 radical (unpaired) electrons. The van der Waals surface area contributed by atoms with Crippen molar-refractivity contribution in [1.82, 2.24) is 0 Å². The van der Waals surface area contributed by atoms with Crippen LogP contribution in [-0.4, -0.2) is 6.72 Å². The molecule has 0 fully saturated rings. The predicted molar refractivity (Wildman–Crippen MR) is 42.8 cm³/mol. The molecule has 0 aliphatic rings. The quantitative estimate of drug-likeness (QED) is 0.512. The van der Waals surface area contributed by atoms with Gasteiger partial charge in [-0.3, -0.25) is 4.99 Å². The zero-order valence-electron chi connectivity index (χ0n) is 6.35. The van der Waals surface area contributed by atoms with E-state index < -0.39 is 0 Å². The SMILES string of the molecule is C=N/C(=C\C)CCCC. The normalized spacial score (nSPS) is 11.6. The van der Waals surface area contributed by atoms with E-state index in [4.69, 9.17) is 0 Å². The fraction of sp³-hybridized carbons (Fsp3) is 0.625. The maximum atomic E-state index is 3.86. The zero-order valence-corrected chi connectivity index (χ0v) is 6.35. The lowest BCUT2D eigenvalue weighted by Crippen LogP contribution is -1.76. The van der Waals surface area contributed by atoms with Crippen molar-refractivity contribution >= 4 is 6.72 Å². The summed E-state index contributed by atoms with van der Waals surface area (Å²) in [6.45, 7) is 7.64. The van der Waals surface area contributed by atoms with Gasteiger partial charge in [-0.25, -0.2) is 0 Å². The summed E-state index contributed by atoms with van der Waals surface area (Å²) < 4.78 is 0. The van der Waals surface area contributed by atoms with Gasteiger partial charge in [0.1, 0.15) is 0 Å². The van der Waals surface area contributed by atoms with Crippen LogP contribution >= 0.6 is 0 Å². The second-order valence-electron chi connectivity index (χ2n) is 2.04. The molecule has 0 atom stereocenters. The van der Waals surface area contributed by atoms with E-state index >= 15 is 0 Å². The lowest BCUT2D eigenvalue weighted by atomic mass is 10.2. The number of aliphatic imine (C=N–C) groups is 1. The average Bonchev–Trinajstić information content (AvgIpc) is 1.91. The van der Waals surface area contributed by atoms with Crippen LogP contribution in [0.3, 0.4) is 0 Å². The summed E-state index contributed by atoms with van der Waals surface area (Å²) in [4.78, 5) is 3.86. The number of nitrogens with zero attached hydrogens (tertiary/aromatic N) is 1. The molecule has 0 aromatic carbocycles. The molecule has 1 nitrogen and oxygen atoms in total. The van der Waals surface area contributed by atoms with Gasteiger partial charge in [0.2, 0.25) is 0 Å². The Hall–Kier alpha value is -0.590. The molecule has 0 unspecified atom stereocenters. The van der Waals surface area contributed by atoms with E-state index in [0.29, 0.717) is 0 Å². The minimum Gasteiger partial charge on any atom is -0.269 e. The van der Waals surface area contributed by atoms with E-state index in [0.717, 1.165) is 12.1 Å². The van der Waals surface area contributed by atoms with Crippen molar-refractivity contribution in [1.29, 1.82) is 0 Å². The summed E-state index contributed by atoms with van der Waals surface area (Å²) in [5, 5.41) is 0. The minimum atomic E-state index is 1.08. The molecule has 0 aliphatic carbocycles. The summed E-state index contributed by atoms with van der Waals surface area (Å²) in [7, 11) is 0. The van der Waals surface area contributed by atoms with Crippen molar-refractivity contribution in [3.8, 4) is 0 Å². The standard InChI is InChI=1S/C8H15N/c1-4-6-7-8(5-2)9-3/h5H,3-4,6-7H2,1-2H3/b8-5-. The van der Waals surface area contributed by atoms with Gasteiger partial charge >= 0.3 is 0 Å². The molecular weight excluding hydrogens is 110 g/mol. The van der Waals surface area contributed by atoms with Gasteiger partial charge < -0.3 is 0 Å². The van der Waals surface area contributed by atoms with Crippen molar-refractivity contribution in [2.45, 2.75) is 33.1 Å². The average molecular weight is 125 g/mol. The maximum absolute atomic E-state index is 3.86. The van der Waals surface area contributed by atoms with Crippen LogP contribution < -0.4 is 0 Å². The van der Waals surface area contributed by atoms with Crippen molar-refractivity contribution in [3.05, 3.63) is 11.8 Å². The van der Waals surface area contributed by atoms with Gasteiger partial charge in [0.15, 0.2) is 0 Å². The Morgan fingerprint density at radius 1 is 1.67 bits per heavy atom. The minimum absolute atomic E-state index is 1.08. The summed E-state index contributed by atoms with van der Waals surface area (Å²) in [6.07, 6.45) is 5.55. The predicted octanol–water partition coefficient (Wildman–Crippen LogP) is 2.78. The summed E-state index contributed by atoms with van der Waals surface area (Å²) >= 11 is 0. The van der Waals surface area contributed by atoms with Crippen LogP contribution in [0.25, 0.3) is 0 Å². The molecule has 52 valence electrons. The molecule has 0 saturated carbocycles. The number of unbranched alkanes of at least 4 members (excludes halogenated alkanes) is 1. The molecular formula is C8H15N. The van der Waals surface area contributed by atoms with E-state index in [2.05, 4.69) is 18.6 Å². The molecule has 1 heteroatoms. The van der Waals surface area contributed by atoms with Gasteiger partial charge in [0.05, 0.1) is 0 Å². The highest BCUT2D eigenvalue weighted by atomic mass is 14.7. The van der Waals surface area contributed by atoms with Crippen LogP contribution in [0.5, 0.6) is 0 Å². The number of rotatable bonds is 4. The second-order valence-corrected chi connectivity index (χ2v) is 2.04. The highest BCUT2D eigenvalue weighted by molar-refractivity contribution is 5.28. The Morgan fingerprint density at radius 2 is 2.33 bits per heavy atom. The second kappa shape index (κ2) is 5.54. The Morgan fingerprint density at radius 3 is 2.67 bits per heavy atom. The van der Waals surface area contributed by atoms with Gasteiger partial charge in [0.25, 0.3) is 0 Å². The Balaban J connectivity index is 3.45. The maximum Gasteiger partial charge on any atom is 0.0353 e. The van der Waals surface area contributed by atoms with Crippen molar-refractivity contribution in [2.24, 2.45) is 4.99 Å². The highest BCUT2D eigenvalue weighted by Crippen LogP contribution is 2.06. The Kier molecular flexibility index (Phi) is 5.18. The fourth-order valence-corrected chi connectivity index (χ4v) is 0.673. The first-order valence-electron chi connectivity index (χ1n) is 3.47. The number of hydrogen-bond donors (Lipinski definition) is 0. The molecule has 0 aliphatic heterocycles. The molecule has 0 bridgehead atoms. The molecule has 0 saturated heterocycles. The highest BCUT2D eigenvalue weighted by Gasteiger charge is 1.87. The van der Waals surface area contributed by atoms with Crippen LogP contribution in [0.1, 0.15) is 33.1 Å². The molecule has 0 aromatic rings. The third-order valence-corrected chi connectivity index (χ3v) is 1.32. The molecule has 0 heterocycles. The van der Waals surface area contributed by atoms with Crippen LogP contribution in [0, 0.1) is 0 Å². The summed E-state index contributed by atoms with van der Waals surface area (Å²) in [5.41, 5.74) is 1.12. The van der Waals surface area contributed by atoms with E-state index in [1.807, 2.05) is 13.0 Å². The first-order valence-corrected chi connectivity index (χ1v) is 3.47. The van der Waals surface area contributed by atoms with Gasteiger partial charge in [-0.15, -0.1) is 0 Å². The van der Waals surface area contributed by atoms with Gasteiger partial charge in [0, 0.05) is 5.70 Å². The first-order chi connectivity index (χ1) is 4.35. The number of allylic oxidation sites excluding steroid dienone is 2. The van der Waals surface area contributed by atoms with Crippen LogP contribution in [-0.2, 0) is 0 Å². The fourth-order valence-electron chi connectivity index (χ4n) is 0.673. The molecule has 0 amide bonds. The lowest BCUT2D eigenvalue weighted by molar-refractivity contribution is 0.781. The third-order valence-electron chi connectivity index (χ3n) is 1.32. The molecule has 0 rings (SSSR count). The van der Waals surface area contributed by atoms with Crippen molar-refractivity contribution < 1.29 is 0 Å². The van der Waals surface area contributed by atoms with Crippen LogP contribution in [0.15, 0.2) is 16.8 Å². The van der Waals surface area contributed by atoms with Crippen molar-refractivity contribution in [3.63, 3.8) is 0 Å². The first kappa shape index (κ1) is 8.41. The summed E-state index contributed by atoms with van der Waals surface area (Å²) in [5.74, 6) is 0. The summed E-state index contributed by atoms with van der Waals surface area (Å²) in [6, 6.07) is 0. The molecule has 0 N–H and O–H groups in total. The van der Waals surface area contributed by atoms with Gasteiger partial charge in [-0.1, -0.05) is 19.4 Å². The topological polar surface area (TPSA) is 12.4 Å². The van der Waals surface area contributed by atoms with Crippen molar-refractivity contribution in [2.75, 3.05) is 0 Å². The number of hydrogen-bond acceptors (Lipinski definition) is 1. The largest absolute Gasteiger partial charge is 0.269 e. The van der Waals surface area contributed by atoms with Crippen LogP contribution in [0.2, 0.25) is 0 Å². The van der Waals surface area contributed by atoms with Gasteiger partial charge in [-0.05, 0) is 26.5 Å². The smallest absolute Gasteiger partial charge is 0.0353 e.